The van der Waals surface area contributed by atoms with Gasteiger partial charge < -0.3 is 0 Å². The molecular weight excluding hydrogens is 283 g/mol. The number of carbonyl (C=O) groups is 1. The summed E-state index contributed by atoms with van der Waals surface area (Å²) in [5.74, 6) is -0.253. The number of carbonyl (C=O) groups excluding carboxylic acids is 1. The Kier molecular flexibility index (Phi) is 3.38. The van der Waals surface area contributed by atoms with E-state index < -0.39 is 0 Å². The minimum Gasteiger partial charge on any atom is -0.298 e. The fourth-order valence-electron chi connectivity index (χ4n) is 1.72. The highest BCUT2D eigenvalue weighted by Crippen LogP contribution is 2.29. The Morgan fingerprint density at radius 1 is 1.24 bits per heavy atom. The lowest BCUT2D eigenvalue weighted by Gasteiger charge is -2.07. The first-order chi connectivity index (χ1) is 8.11. The number of halogens is 2. The smallest absolute Gasteiger partial charge is 0.150 e. The van der Waals surface area contributed by atoms with Gasteiger partial charge in [0.15, 0.2) is 0 Å². The molecule has 1 nitrogen and oxygen atoms in total. The monoisotopic (exact) mass is 292 g/mol. The molecule has 3 heteroatoms. The fraction of sp³-hybridized carbons (Fsp3) is 0.0714. The molecule has 0 aromatic heterocycles. The quantitative estimate of drug-likeness (QED) is 0.751. The van der Waals surface area contributed by atoms with E-state index in [1.165, 1.54) is 0 Å². The molecule has 2 aromatic rings. The topological polar surface area (TPSA) is 17.1 Å². The highest BCUT2D eigenvalue weighted by atomic mass is 79.9. The Bertz CT molecular complexity index is 578. The Balaban J connectivity index is 2.63. The van der Waals surface area contributed by atoms with Crippen molar-refractivity contribution < 1.29 is 9.18 Å². The van der Waals surface area contributed by atoms with Gasteiger partial charge in [0.05, 0.1) is 0 Å². The molecule has 0 fully saturated rings. The molecular formula is C14H10BrFO. The Morgan fingerprint density at radius 3 is 2.71 bits per heavy atom. The van der Waals surface area contributed by atoms with Crippen molar-refractivity contribution >= 4 is 22.2 Å². The van der Waals surface area contributed by atoms with Crippen LogP contribution < -0.4 is 0 Å². The van der Waals surface area contributed by atoms with Crippen LogP contribution in [0.1, 0.15) is 15.9 Å². The lowest BCUT2D eigenvalue weighted by Crippen LogP contribution is -1.90. The molecule has 0 radical (unpaired) electrons. The van der Waals surface area contributed by atoms with Gasteiger partial charge in [-0.1, -0.05) is 34.1 Å². The number of benzene rings is 2. The van der Waals surface area contributed by atoms with E-state index in [-0.39, 0.29) is 5.82 Å². The minimum atomic E-state index is -0.253. The summed E-state index contributed by atoms with van der Waals surface area (Å²) in [6, 6.07) is 10.3. The van der Waals surface area contributed by atoms with E-state index in [4.69, 9.17) is 0 Å². The summed E-state index contributed by atoms with van der Waals surface area (Å²) < 4.78 is 14.8. The van der Waals surface area contributed by atoms with Gasteiger partial charge in [-0.05, 0) is 36.2 Å². The zero-order valence-corrected chi connectivity index (χ0v) is 10.8. The summed E-state index contributed by atoms with van der Waals surface area (Å²) in [5.41, 5.74) is 2.32. The van der Waals surface area contributed by atoms with Crippen molar-refractivity contribution in [2.45, 2.75) is 6.92 Å². The van der Waals surface area contributed by atoms with Gasteiger partial charge in [0.1, 0.15) is 12.1 Å². The van der Waals surface area contributed by atoms with Gasteiger partial charge in [-0.15, -0.1) is 0 Å². The van der Waals surface area contributed by atoms with E-state index in [1.807, 2.05) is 0 Å². The van der Waals surface area contributed by atoms with Crippen LogP contribution in [0, 0.1) is 12.7 Å². The van der Waals surface area contributed by atoms with Crippen LogP contribution in [-0.2, 0) is 0 Å². The van der Waals surface area contributed by atoms with Gasteiger partial charge in [0.25, 0.3) is 0 Å². The lowest BCUT2D eigenvalue weighted by atomic mass is 10.0. The molecule has 0 heterocycles. The molecule has 0 atom stereocenters. The zero-order chi connectivity index (χ0) is 12.4. The van der Waals surface area contributed by atoms with Crippen LogP contribution >= 0.6 is 15.9 Å². The third-order valence-electron chi connectivity index (χ3n) is 2.55. The van der Waals surface area contributed by atoms with E-state index in [2.05, 4.69) is 15.9 Å². The van der Waals surface area contributed by atoms with E-state index >= 15 is 0 Å². The summed E-state index contributed by atoms with van der Waals surface area (Å²) in [5, 5.41) is 0. The van der Waals surface area contributed by atoms with Gasteiger partial charge in [-0.3, -0.25) is 4.79 Å². The first kappa shape index (κ1) is 12.0. The van der Waals surface area contributed by atoms with Crippen molar-refractivity contribution in [3.63, 3.8) is 0 Å². The van der Waals surface area contributed by atoms with Crippen molar-refractivity contribution in [2.24, 2.45) is 0 Å². The van der Waals surface area contributed by atoms with E-state index in [0.29, 0.717) is 22.3 Å². The molecule has 0 saturated carbocycles. The van der Waals surface area contributed by atoms with Gasteiger partial charge in [0, 0.05) is 15.6 Å². The third-order valence-corrected chi connectivity index (χ3v) is 3.01. The van der Waals surface area contributed by atoms with E-state index in [1.54, 1.807) is 43.3 Å². The Hall–Kier alpha value is -1.48. The maximum atomic E-state index is 14.0. The molecule has 17 heavy (non-hydrogen) atoms. The van der Waals surface area contributed by atoms with Crippen LogP contribution in [0.3, 0.4) is 0 Å². The standard InChI is InChI=1S/C14H10BrFO/c1-9-5-12(15)7-13(14(9)16)11-4-2-3-10(6-11)8-17/h2-8H,1H3. The summed E-state index contributed by atoms with van der Waals surface area (Å²) in [6.07, 6.45) is 0.756. The summed E-state index contributed by atoms with van der Waals surface area (Å²) in [4.78, 5) is 10.7. The van der Waals surface area contributed by atoms with Crippen LogP contribution in [0.2, 0.25) is 0 Å². The first-order valence-corrected chi connectivity index (χ1v) is 5.92. The maximum absolute atomic E-state index is 14.0. The first-order valence-electron chi connectivity index (χ1n) is 5.13. The molecule has 0 N–H and O–H groups in total. The lowest BCUT2D eigenvalue weighted by molar-refractivity contribution is 0.112. The Labute approximate surface area is 107 Å². The van der Waals surface area contributed by atoms with Crippen LogP contribution in [0.5, 0.6) is 0 Å². The number of aryl methyl sites for hydroxylation is 1. The molecule has 2 rings (SSSR count). The van der Waals surface area contributed by atoms with Gasteiger partial charge in [0.2, 0.25) is 0 Å². The summed E-state index contributed by atoms with van der Waals surface area (Å²) >= 11 is 3.34. The summed E-state index contributed by atoms with van der Waals surface area (Å²) in [7, 11) is 0. The molecule has 0 aliphatic carbocycles. The molecule has 0 saturated heterocycles. The molecule has 0 amide bonds. The molecule has 0 unspecified atom stereocenters. The molecule has 0 aliphatic heterocycles. The second-order valence-corrected chi connectivity index (χ2v) is 4.74. The zero-order valence-electron chi connectivity index (χ0n) is 9.21. The normalized spacial score (nSPS) is 10.3. The van der Waals surface area contributed by atoms with E-state index in [9.17, 15) is 9.18 Å². The molecule has 0 spiro atoms. The van der Waals surface area contributed by atoms with Gasteiger partial charge in [-0.2, -0.15) is 0 Å². The predicted molar refractivity (Wildman–Crippen MR) is 69.7 cm³/mol. The van der Waals surface area contributed by atoms with Crippen LogP contribution in [0.15, 0.2) is 40.9 Å². The SMILES string of the molecule is Cc1cc(Br)cc(-c2cccc(C=O)c2)c1F. The predicted octanol–water partition coefficient (Wildman–Crippen LogP) is 4.38. The largest absolute Gasteiger partial charge is 0.298 e. The van der Waals surface area contributed by atoms with Crippen molar-refractivity contribution in [3.05, 3.63) is 57.8 Å². The van der Waals surface area contributed by atoms with Gasteiger partial charge in [-0.25, -0.2) is 4.39 Å². The van der Waals surface area contributed by atoms with Crippen LogP contribution in [0.4, 0.5) is 4.39 Å². The number of rotatable bonds is 2. The minimum absolute atomic E-state index is 0.253. The Morgan fingerprint density at radius 2 is 2.00 bits per heavy atom. The molecule has 2 aromatic carbocycles. The van der Waals surface area contributed by atoms with Crippen molar-refractivity contribution in [1.29, 1.82) is 0 Å². The second kappa shape index (κ2) is 4.80. The van der Waals surface area contributed by atoms with Crippen LogP contribution in [-0.4, -0.2) is 6.29 Å². The average Bonchev–Trinajstić information content (AvgIpc) is 2.34. The van der Waals surface area contributed by atoms with Crippen molar-refractivity contribution in [1.82, 2.24) is 0 Å². The molecule has 86 valence electrons. The number of hydrogen-bond donors (Lipinski definition) is 0. The molecule has 0 aliphatic rings. The highest BCUT2D eigenvalue weighted by molar-refractivity contribution is 9.10. The molecule has 0 bridgehead atoms. The second-order valence-electron chi connectivity index (χ2n) is 3.83. The number of aldehydes is 1. The maximum Gasteiger partial charge on any atom is 0.150 e. The highest BCUT2D eigenvalue weighted by Gasteiger charge is 2.09. The third kappa shape index (κ3) is 2.44. The summed E-state index contributed by atoms with van der Waals surface area (Å²) in [6.45, 7) is 1.72. The van der Waals surface area contributed by atoms with Gasteiger partial charge >= 0.3 is 0 Å². The van der Waals surface area contributed by atoms with Crippen molar-refractivity contribution in [3.8, 4) is 11.1 Å². The average molecular weight is 293 g/mol. The fourth-order valence-corrected chi connectivity index (χ4v) is 2.29. The number of hydrogen-bond acceptors (Lipinski definition) is 1. The van der Waals surface area contributed by atoms with E-state index in [0.717, 1.165) is 10.8 Å². The van der Waals surface area contributed by atoms with Crippen molar-refractivity contribution in [2.75, 3.05) is 0 Å². The van der Waals surface area contributed by atoms with Crippen LogP contribution in [0.25, 0.3) is 11.1 Å².